The lowest BCUT2D eigenvalue weighted by molar-refractivity contribution is -0.126. The minimum Gasteiger partial charge on any atom is -0.369 e. The summed E-state index contributed by atoms with van der Waals surface area (Å²) in [6, 6.07) is 0. The Kier molecular flexibility index (Phi) is 2.75. The van der Waals surface area contributed by atoms with Crippen molar-refractivity contribution >= 4 is 5.91 Å². The molecule has 1 saturated heterocycles. The van der Waals surface area contributed by atoms with Crippen molar-refractivity contribution in [1.82, 2.24) is 5.32 Å². The lowest BCUT2D eigenvalue weighted by atomic mass is 9.59. The van der Waals surface area contributed by atoms with Crippen LogP contribution in [0.1, 0.15) is 33.1 Å². The van der Waals surface area contributed by atoms with Crippen molar-refractivity contribution in [3.8, 4) is 0 Å². The largest absolute Gasteiger partial charge is 0.369 e. The Morgan fingerprint density at radius 1 is 1.47 bits per heavy atom. The molecule has 1 spiro atoms. The van der Waals surface area contributed by atoms with Crippen LogP contribution >= 0.6 is 0 Å². The van der Waals surface area contributed by atoms with Gasteiger partial charge >= 0.3 is 0 Å². The van der Waals surface area contributed by atoms with Crippen molar-refractivity contribution < 1.29 is 4.79 Å². The van der Waals surface area contributed by atoms with E-state index >= 15 is 0 Å². The summed E-state index contributed by atoms with van der Waals surface area (Å²) in [5, 5.41) is 3.36. The van der Waals surface area contributed by atoms with Crippen LogP contribution in [-0.4, -0.2) is 19.0 Å². The molecule has 0 bridgehead atoms. The molecular weight excluding hydrogens is 188 g/mol. The normalized spacial score (nSPS) is 45.9. The van der Waals surface area contributed by atoms with Crippen LogP contribution in [0.4, 0.5) is 0 Å². The third kappa shape index (κ3) is 1.67. The van der Waals surface area contributed by atoms with Gasteiger partial charge in [-0.05, 0) is 30.1 Å². The Morgan fingerprint density at radius 3 is 2.80 bits per heavy atom. The quantitative estimate of drug-likeness (QED) is 0.681. The number of nitrogens with two attached hydrogens (primary N) is 1. The molecule has 15 heavy (non-hydrogen) atoms. The summed E-state index contributed by atoms with van der Waals surface area (Å²) in [6.07, 6.45) is 3.65. The van der Waals surface area contributed by atoms with Gasteiger partial charge in [0.25, 0.3) is 0 Å². The molecule has 2 rings (SSSR count). The minimum absolute atomic E-state index is 0.0556. The molecular formula is C12H22N2O. The maximum absolute atomic E-state index is 11.5. The molecule has 0 aromatic heterocycles. The highest BCUT2D eigenvalue weighted by atomic mass is 16.1. The molecule has 86 valence electrons. The standard InChI is InChI=1S/C12H22N2O/c1-8-3-4-12(9(2)5-8)7-14-6-10(12)11(13)15/h8-10,14H,3-7H2,1-2H3,(H2,13,15). The highest BCUT2D eigenvalue weighted by molar-refractivity contribution is 5.78. The molecule has 4 unspecified atom stereocenters. The van der Waals surface area contributed by atoms with E-state index in [0.717, 1.165) is 25.4 Å². The summed E-state index contributed by atoms with van der Waals surface area (Å²) in [7, 11) is 0. The van der Waals surface area contributed by atoms with Crippen LogP contribution in [0.3, 0.4) is 0 Å². The van der Waals surface area contributed by atoms with Gasteiger partial charge in [-0.2, -0.15) is 0 Å². The monoisotopic (exact) mass is 210 g/mol. The number of hydrogen-bond donors (Lipinski definition) is 2. The highest BCUT2D eigenvalue weighted by Crippen LogP contribution is 2.49. The number of hydrogen-bond acceptors (Lipinski definition) is 2. The zero-order chi connectivity index (χ0) is 11.1. The number of nitrogens with one attached hydrogen (secondary N) is 1. The molecule has 1 saturated carbocycles. The summed E-state index contributed by atoms with van der Waals surface area (Å²) in [6.45, 7) is 6.37. The first-order valence-corrected chi connectivity index (χ1v) is 6.06. The van der Waals surface area contributed by atoms with Crippen LogP contribution in [0, 0.1) is 23.2 Å². The van der Waals surface area contributed by atoms with E-state index in [9.17, 15) is 4.79 Å². The first kappa shape index (κ1) is 10.9. The van der Waals surface area contributed by atoms with E-state index in [0.29, 0.717) is 5.92 Å². The average Bonchev–Trinajstić information content (AvgIpc) is 2.57. The smallest absolute Gasteiger partial charge is 0.222 e. The van der Waals surface area contributed by atoms with Gasteiger partial charge in [-0.15, -0.1) is 0 Å². The predicted octanol–water partition coefficient (Wildman–Crippen LogP) is 1.13. The molecule has 0 aromatic rings. The van der Waals surface area contributed by atoms with Crippen molar-refractivity contribution in [3.63, 3.8) is 0 Å². The van der Waals surface area contributed by atoms with Gasteiger partial charge in [0, 0.05) is 13.1 Å². The van der Waals surface area contributed by atoms with Crippen LogP contribution in [-0.2, 0) is 4.79 Å². The maximum Gasteiger partial charge on any atom is 0.222 e. The molecule has 0 aromatic carbocycles. The van der Waals surface area contributed by atoms with Gasteiger partial charge in [0.2, 0.25) is 5.91 Å². The fourth-order valence-electron chi connectivity index (χ4n) is 3.66. The van der Waals surface area contributed by atoms with Crippen molar-refractivity contribution in [3.05, 3.63) is 0 Å². The zero-order valence-electron chi connectivity index (χ0n) is 9.75. The predicted molar refractivity (Wildman–Crippen MR) is 60.2 cm³/mol. The van der Waals surface area contributed by atoms with E-state index in [1.54, 1.807) is 0 Å². The first-order valence-electron chi connectivity index (χ1n) is 6.06. The summed E-state index contributed by atoms with van der Waals surface area (Å²) in [5.74, 6) is 1.37. The second-order valence-corrected chi connectivity index (χ2v) is 5.60. The van der Waals surface area contributed by atoms with Crippen molar-refractivity contribution in [2.24, 2.45) is 28.9 Å². The molecule has 3 N–H and O–H groups in total. The van der Waals surface area contributed by atoms with Gasteiger partial charge in [-0.3, -0.25) is 4.79 Å². The Labute approximate surface area is 91.8 Å². The van der Waals surface area contributed by atoms with Crippen LogP contribution < -0.4 is 11.1 Å². The number of amides is 1. The zero-order valence-corrected chi connectivity index (χ0v) is 9.75. The van der Waals surface area contributed by atoms with Gasteiger partial charge in [0.1, 0.15) is 0 Å². The molecule has 4 atom stereocenters. The van der Waals surface area contributed by atoms with Gasteiger partial charge in [-0.25, -0.2) is 0 Å². The van der Waals surface area contributed by atoms with Crippen molar-refractivity contribution in [2.75, 3.05) is 13.1 Å². The SMILES string of the molecule is CC1CCC2(CNCC2C(N)=O)C(C)C1. The minimum atomic E-state index is -0.110. The third-order valence-corrected chi connectivity index (χ3v) is 4.68. The molecule has 3 heteroatoms. The lowest BCUT2D eigenvalue weighted by Crippen LogP contribution is -2.45. The molecule has 1 aliphatic heterocycles. The number of carbonyl (C=O) groups is 1. The second-order valence-electron chi connectivity index (χ2n) is 5.60. The first-order chi connectivity index (χ1) is 7.06. The summed E-state index contributed by atoms with van der Waals surface area (Å²) in [4.78, 5) is 11.5. The number of rotatable bonds is 1. The fourth-order valence-corrected chi connectivity index (χ4v) is 3.66. The molecule has 1 aliphatic carbocycles. The number of carbonyl (C=O) groups excluding carboxylic acids is 1. The van der Waals surface area contributed by atoms with E-state index in [2.05, 4.69) is 19.2 Å². The summed E-state index contributed by atoms with van der Waals surface area (Å²) in [5.41, 5.74) is 5.69. The molecule has 0 radical (unpaired) electrons. The van der Waals surface area contributed by atoms with Crippen LogP contribution in [0.2, 0.25) is 0 Å². The van der Waals surface area contributed by atoms with E-state index < -0.39 is 0 Å². The molecule has 1 amide bonds. The Balaban J connectivity index is 2.20. The molecule has 3 nitrogen and oxygen atoms in total. The highest BCUT2D eigenvalue weighted by Gasteiger charge is 2.50. The summed E-state index contributed by atoms with van der Waals surface area (Å²) < 4.78 is 0. The van der Waals surface area contributed by atoms with Gasteiger partial charge in [0.15, 0.2) is 0 Å². The number of primary amides is 1. The second kappa shape index (κ2) is 3.78. The van der Waals surface area contributed by atoms with Gasteiger partial charge in [0.05, 0.1) is 5.92 Å². The third-order valence-electron chi connectivity index (χ3n) is 4.68. The van der Waals surface area contributed by atoms with Gasteiger partial charge < -0.3 is 11.1 Å². The molecule has 2 fully saturated rings. The Hall–Kier alpha value is -0.570. The van der Waals surface area contributed by atoms with Crippen molar-refractivity contribution in [1.29, 1.82) is 0 Å². The van der Waals surface area contributed by atoms with Crippen molar-refractivity contribution in [2.45, 2.75) is 33.1 Å². The Morgan fingerprint density at radius 2 is 2.20 bits per heavy atom. The van der Waals surface area contributed by atoms with E-state index in [1.165, 1.54) is 12.8 Å². The Bertz CT molecular complexity index is 266. The lowest BCUT2D eigenvalue weighted by Gasteiger charge is -2.44. The molecule has 2 aliphatic rings. The van der Waals surface area contributed by atoms with Crippen LogP contribution in [0.25, 0.3) is 0 Å². The average molecular weight is 210 g/mol. The van der Waals surface area contributed by atoms with E-state index in [-0.39, 0.29) is 17.2 Å². The maximum atomic E-state index is 11.5. The molecule has 1 heterocycles. The van der Waals surface area contributed by atoms with Crippen LogP contribution in [0.15, 0.2) is 0 Å². The topological polar surface area (TPSA) is 55.1 Å². The van der Waals surface area contributed by atoms with E-state index in [4.69, 9.17) is 5.73 Å². The van der Waals surface area contributed by atoms with Gasteiger partial charge in [-0.1, -0.05) is 20.3 Å². The fraction of sp³-hybridized carbons (Fsp3) is 0.917. The summed E-state index contributed by atoms with van der Waals surface area (Å²) >= 11 is 0. The van der Waals surface area contributed by atoms with E-state index in [1.807, 2.05) is 0 Å². The van der Waals surface area contributed by atoms with Crippen LogP contribution in [0.5, 0.6) is 0 Å².